The summed E-state index contributed by atoms with van der Waals surface area (Å²) in [5.41, 5.74) is 1.57. The first-order valence-corrected chi connectivity index (χ1v) is 6.79. The lowest BCUT2D eigenvalue weighted by Crippen LogP contribution is -2.11. The molecule has 1 aromatic heterocycles. The molecular formula is C14H14INO2. The predicted molar refractivity (Wildman–Crippen MR) is 79.0 cm³/mol. The molecule has 1 unspecified atom stereocenters. The first kappa shape index (κ1) is 13.1. The molecule has 0 bridgehead atoms. The van der Waals surface area contributed by atoms with Crippen LogP contribution in [0.5, 0.6) is 0 Å². The van der Waals surface area contributed by atoms with Crippen molar-refractivity contribution in [3.8, 4) is 0 Å². The van der Waals surface area contributed by atoms with Gasteiger partial charge in [0.05, 0.1) is 0 Å². The molecule has 0 radical (unpaired) electrons. The molecule has 1 atom stereocenters. The third kappa shape index (κ3) is 2.93. The minimum absolute atomic E-state index is 0.285. The van der Waals surface area contributed by atoms with E-state index in [4.69, 9.17) is 5.11 Å². The Bertz CT molecular complexity index is 548. The van der Waals surface area contributed by atoms with E-state index in [1.54, 1.807) is 6.07 Å². The average Bonchev–Trinajstić information content (AvgIpc) is 2.71. The van der Waals surface area contributed by atoms with Gasteiger partial charge in [0.1, 0.15) is 5.69 Å². The lowest BCUT2D eigenvalue weighted by Gasteiger charge is -2.14. The summed E-state index contributed by atoms with van der Waals surface area (Å²) in [6, 6.07) is 11.8. The molecule has 0 aliphatic carbocycles. The molecule has 0 saturated heterocycles. The topological polar surface area (TPSA) is 42.2 Å². The Labute approximate surface area is 120 Å². The van der Waals surface area contributed by atoms with Crippen LogP contribution in [0.15, 0.2) is 42.6 Å². The van der Waals surface area contributed by atoms with E-state index >= 15 is 0 Å². The van der Waals surface area contributed by atoms with Gasteiger partial charge in [0.25, 0.3) is 0 Å². The number of nitrogens with zero attached hydrogens (tertiary/aromatic N) is 1. The van der Waals surface area contributed by atoms with Gasteiger partial charge >= 0.3 is 5.97 Å². The van der Waals surface area contributed by atoms with Crippen molar-refractivity contribution in [3.63, 3.8) is 0 Å². The van der Waals surface area contributed by atoms with Gasteiger partial charge in [-0.25, -0.2) is 4.79 Å². The summed E-state index contributed by atoms with van der Waals surface area (Å²) in [4.78, 5) is 11.1. The second-order valence-corrected chi connectivity index (χ2v) is 5.56. The van der Waals surface area contributed by atoms with Crippen molar-refractivity contribution in [2.24, 2.45) is 0 Å². The fourth-order valence-electron chi connectivity index (χ4n) is 1.99. The zero-order valence-corrected chi connectivity index (χ0v) is 12.2. The highest BCUT2D eigenvalue weighted by Gasteiger charge is 2.14. The van der Waals surface area contributed by atoms with Crippen LogP contribution in [-0.4, -0.2) is 15.6 Å². The lowest BCUT2D eigenvalue weighted by molar-refractivity contribution is 0.0684. The maximum atomic E-state index is 11.1. The highest BCUT2D eigenvalue weighted by atomic mass is 127. The van der Waals surface area contributed by atoms with E-state index < -0.39 is 5.97 Å². The molecule has 1 aromatic carbocycles. The van der Waals surface area contributed by atoms with Gasteiger partial charge in [0, 0.05) is 16.3 Å². The van der Waals surface area contributed by atoms with E-state index in [0.717, 1.165) is 3.57 Å². The Morgan fingerprint density at radius 2 is 2.06 bits per heavy atom. The minimum atomic E-state index is -0.877. The summed E-state index contributed by atoms with van der Waals surface area (Å²) >= 11 is 2.14. The fraction of sp³-hybridized carbons (Fsp3) is 0.214. The molecule has 1 N–H and O–H groups in total. The summed E-state index contributed by atoms with van der Waals surface area (Å²) in [6.07, 6.45) is 1.88. The minimum Gasteiger partial charge on any atom is -0.477 e. The Kier molecular flexibility index (Phi) is 4.06. The van der Waals surface area contributed by atoms with Crippen molar-refractivity contribution < 1.29 is 9.90 Å². The summed E-state index contributed by atoms with van der Waals surface area (Å²) in [5, 5.41) is 9.14. The normalized spacial score (nSPS) is 12.3. The average molecular weight is 355 g/mol. The van der Waals surface area contributed by atoms with E-state index in [1.807, 2.05) is 29.0 Å². The summed E-state index contributed by atoms with van der Waals surface area (Å²) in [5.74, 6) is -0.592. The highest BCUT2D eigenvalue weighted by molar-refractivity contribution is 14.1. The van der Waals surface area contributed by atoms with Gasteiger partial charge < -0.3 is 9.67 Å². The van der Waals surface area contributed by atoms with E-state index in [1.165, 1.54) is 5.56 Å². The van der Waals surface area contributed by atoms with Gasteiger partial charge in [-0.15, -0.1) is 0 Å². The molecular weight excluding hydrogens is 341 g/mol. The van der Waals surface area contributed by atoms with Crippen molar-refractivity contribution >= 4 is 28.6 Å². The summed E-state index contributed by atoms with van der Waals surface area (Å²) < 4.78 is 2.76. The molecule has 3 nitrogen and oxygen atoms in total. The number of carbonyl (C=O) groups is 1. The number of carboxylic acid groups (broad SMARTS) is 1. The summed E-state index contributed by atoms with van der Waals surface area (Å²) in [6.45, 7) is 2.78. The number of aromatic nitrogens is 1. The number of aromatic carboxylic acids is 1. The number of benzene rings is 1. The third-order valence-electron chi connectivity index (χ3n) is 2.92. The van der Waals surface area contributed by atoms with Gasteiger partial charge in [-0.2, -0.15) is 0 Å². The van der Waals surface area contributed by atoms with Gasteiger partial charge in [-0.05, 0) is 40.1 Å². The van der Waals surface area contributed by atoms with Crippen LogP contribution < -0.4 is 0 Å². The standard InChI is InChI=1S/C14H14INO2/c1-10(11-5-3-2-4-6-11)8-16-9-12(15)7-13(16)14(17)18/h2-7,9-10H,8H2,1H3,(H,17,18). The maximum absolute atomic E-state index is 11.1. The van der Waals surface area contributed by atoms with Crippen LogP contribution in [0.2, 0.25) is 0 Å². The van der Waals surface area contributed by atoms with Crippen LogP contribution in [0.3, 0.4) is 0 Å². The number of rotatable bonds is 4. The molecule has 4 heteroatoms. The van der Waals surface area contributed by atoms with Crippen LogP contribution >= 0.6 is 22.6 Å². The predicted octanol–water partition coefficient (Wildman–Crippen LogP) is 3.59. The molecule has 94 valence electrons. The first-order chi connectivity index (χ1) is 8.58. The second kappa shape index (κ2) is 5.56. The van der Waals surface area contributed by atoms with Crippen molar-refractivity contribution in [1.82, 2.24) is 4.57 Å². The van der Waals surface area contributed by atoms with E-state index in [2.05, 4.69) is 41.6 Å². The van der Waals surface area contributed by atoms with Crippen LogP contribution in [-0.2, 0) is 6.54 Å². The van der Waals surface area contributed by atoms with Gasteiger partial charge in [-0.3, -0.25) is 0 Å². The molecule has 1 heterocycles. The number of halogens is 1. The Morgan fingerprint density at radius 3 is 2.67 bits per heavy atom. The van der Waals surface area contributed by atoms with Crippen molar-refractivity contribution in [3.05, 3.63) is 57.4 Å². The zero-order chi connectivity index (χ0) is 13.1. The number of hydrogen-bond donors (Lipinski definition) is 1. The molecule has 0 saturated carbocycles. The molecule has 0 aliphatic rings. The molecule has 2 aromatic rings. The van der Waals surface area contributed by atoms with Gasteiger partial charge in [0.2, 0.25) is 0 Å². The van der Waals surface area contributed by atoms with Crippen molar-refractivity contribution in [1.29, 1.82) is 0 Å². The zero-order valence-electron chi connectivity index (χ0n) is 10.0. The van der Waals surface area contributed by atoms with Crippen molar-refractivity contribution in [2.75, 3.05) is 0 Å². The third-order valence-corrected chi connectivity index (χ3v) is 3.51. The van der Waals surface area contributed by atoms with E-state index in [-0.39, 0.29) is 5.92 Å². The Balaban J connectivity index is 2.22. The Hall–Kier alpha value is -1.30. The second-order valence-electron chi connectivity index (χ2n) is 4.31. The van der Waals surface area contributed by atoms with Crippen LogP contribution in [0.4, 0.5) is 0 Å². The summed E-state index contributed by atoms with van der Waals surface area (Å²) in [7, 11) is 0. The molecule has 0 fully saturated rings. The first-order valence-electron chi connectivity index (χ1n) is 5.72. The number of carboxylic acids is 1. The van der Waals surface area contributed by atoms with Crippen LogP contribution in [0.25, 0.3) is 0 Å². The van der Waals surface area contributed by atoms with Gasteiger partial charge in [-0.1, -0.05) is 37.3 Å². The Morgan fingerprint density at radius 1 is 1.39 bits per heavy atom. The lowest BCUT2D eigenvalue weighted by atomic mass is 10.0. The van der Waals surface area contributed by atoms with Crippen LogP contribution in [0.1, 0.15) is 28.9 Å². The molecule has 0 aliphatic heterocycles. The number of hydrogen-bond acceptors (Lipinski definition) is 1. The SMILES string of the molecule is CC(Cn1cc(I)cc1C(=O)O)c1ccccc1. The van der Waals surface area contributed by atoms with E-state index in [9.17, 15) is 4.79 Å². The quantitative estimate of drug-likeness (QED) is 0.852. The monoisotopic (exact) mass is 355 g/mol. The fourth-order valence-corrected chi connectivity index (χ4v) is 2.62. The van der Waals surface area contributed by atoms with Gasteiger partial charge in [0.15, 0.2) is 0 Å². The molecule has 18 heavy (non-hydrogen) atoms. The highest BCUT2D eigenvalue weighted by Crippen LogP contribution is 2.20. The molecule has 0 amide bonds. The molecule has 2 rings (SSSR count). The molecule has 0 spiro atoms. The van der Waals surface area contributed by atoms with Crippen LogP contribution in [0, 0.1) is 3.57 Å². The largest absolute Gasteiger partial charge is 0.477 e. The smallest absolute Gasteiger partial charge is 0.352 e. The maximum Gasteiger partial charge on any atom is 0.352 e. The van der Waals surface area contributed by atoms with E-state index in [0.29, 0.717) is 12.2 Å². The van der Waals surface area contributed by atoms with Crippen molar-refractivity contribution in [2.45, 2.75) is 19.4 Å².